The number of Topliss-reactive ketones (excluding diaryl/α,β-unsaturated/α-hetero) is 1. The Bertz CT molecular complexity index is 851. The molecule has 1 saturated carbocycles. The number of rotatable bonds is 3. The van der Waals surface area contributed by atoms with Crippen molar-refractivity contribution in [3.63, 3.8) is 0 Å². The molecule has 0 radical (unpaired) electrons. The summed E-state index contributed by atoms with van der Waals surface area (Å²) in [6, 6.07) is 20.3. The molecule has 2 unspecified atom stereocenters. The number of carbonyl (C=O) groups excluding carboxylic acids is 1. The summed E-state index contributed by atoms with van der Waals surface area (Å²) in [6.07, 6.45) is 2.88. The average Bonchev–Trinajstić information content (AvgIpc) is 3.48. The van der Waals surface area contributed by atoms with Crippen LogP contribution in [-0.2, 0) is 9.53 Å². The van der Waals surface area contributed by atoms with Crippen LogP contribution < -0.4 is 0 Å². The van der Waals surface area contributed by atoms with Gasteiger partial charge in [0.05, 0.1) is 18.6 Å². The van der Waals surface area contributed by atoms with E-state index in [1.54, 1.807) is 0 Å². The van der Waals surface area contributed by atoms with Crippen molar-refractivity contribution in [2.75, 3.05) is 13.2 Å². The highest BCUT2D eigenvalue weighted by Gasteiger charge is 2.71. The van der Waals surface area contributed by atoms with Crippen molar-refractivity contribution in [1.82, 2.24) is 0 Å². The number of carbonyl (C=O) groups is 1. The molecule has 3 heteroatoms. The molecule has 2 fully saturated rings. The summed E-state index contributed by atoms with van der Waals surface area (Å²) in [7, 11) is 0. The van der Waals surface area contributed by atoms with Crippen LogP contribution >= 0.6 is 0 Å². The van der Waals surface area contributed by atoms with Crippen LogP contribution in [0, 0.1) is 11.3 Å². The summed E-state index contributed by atoms with van der Waals surface area (Å²) >= 11 is 0. The molecule has 0 amide bonds. The van der Waals surface area contributed by atoms with E-state index in [9.17, 15) is 9.90 Å². The fourth-order valence-corrected chi connectivity index (χ4v) is 4.94. The molecule has 0 aromatic heterocycles. The van der Waals surface area contributed by atoms with E-state index in [-0.39, 0.29) is 24.2 Å². The van der Waals surface area contributed by atoms with Gasteiger partial charge in [-0.2, -0.15) is 0 Å². The van der Waals surface area contributed by atoms with Gasteiger partial charge in [0.2, 0.25) is 0 Å². The van der Waals surface area contributed by atoms with Gasteiger partial charge in [-0.05, 0) is 23.1 Å². The minimum absolute atomic E-state index is 0.00140. The molecule has 4 aliphatic rings. The highest BCUT2D eigenvalue weighted by Crippen LogP contribution is 2.64. The molecule has 2 aromatic rings. The lowest BCUT2D eigenvalue weighted by atomic mass is 9.50. The third-order valence-electron chi connectivity index (χ3n) is 6.28. The average molecular weight is 332 g/mol. The van der Waals surface area contributed by atoms with Crippen LogP contribution in [0.4, 0.5) is 0 Å². The Morgan fingerprint density at radius 2 is 1.64 bits per heavy atom. The SMILES string of the molecule is O=C1[C@@]2(CO)C=C(c3ccccc3)C(CC2c2ccccc2)[C@@]12CO2. The summed E-state index contributed by atoms with van der Waals surface area (Å²) in [6.45, 7) is 0.295. The van der Waals surface area contributed by atoms with Gasteiger partial charge in [-0.25, -0.2) is 0 Å². The lowest BCUT2D eigenvalue weighted by molar-refractivity contribution is -0.141. The van der Waals surface area contributed by atoms with Crippen molar-refractivity contribution in [1.29, 1.82) is 0 Å². The minimum Gasteiger partial charge on any atom is -0.395 e. The second-order valence-corrected chi connectivity index (χ2v) is 7.42. The zero-order chi connectivity index (χ0) is 17.1. The molecule has 4 atom stereocenters. The van der Waals surface area contributed by atoms with E-state index in [1.807, 2.05) is 42.5 Å². The van der Waals surface area contributed by atoms with Crippen LogP contribution in [0.25, 0.3) is 5.57 Å². The van der Waals surface area contributed by atoms with E-state index in [0.717, 1.165) is 23.1 Å². The second kappa shape index (κ2) is 5.13. The first-order valence-corrected chi connectivity index (χ1v) is 8.84. The first kappa shape index (κ1) is 15.1. The molecule has 126 valence electrons. The zero-order valence-corrected chi connectivity index (χ0v) is 13.9. The van der Waals surface area contributed by atoms with Gasteiger partial charge in [-0.3, -0.25) is 4.79 Å². The maximum atomic E-state index is 13.4. The lowest BCUT2D eigenvalue weighted by Gasteiger charge is -2.51. The van der Waals surface area contributed by atoms with Gasteiger partial charge in [-0.15, -0.1) is 0 Å². The van der Waals surface area contributed by atoms with Crippen LogP contribution in [0.3, 0.4) is 0 Å². The van der Waals surface area contributed by atoms with Gasteiger partial charge in [0.15, 0.2) is 11.4 Å². The maximum absolute atomic E-state index is 13.4. The highest BCUT2D eigenvalue weighted by molar-refractivity contribution is 6.04. The van der Waals surface area contributed by atoms with Crippen molar-refractivity contribution in [3.8, 4) is 0 Å². The highest BCUT2D eigenvalue weighted by atomic mass is 16.6. The van der Waals surface area contributed by atoms with Gasteiger partial charge in [0, 0.05) is 11.8 Å². The van der Waals surface area contributed by atoms with Crippen LogP contribution in [0.15, 0.2) is 66.7 Å². The monoisotopic (exact) mass is 332 g/mol. The quantitative estimate of drug-likeness (QED) is 0.878. The molecule has 3 nitrogen and oxygen atoms in total. The smallest absolute Gasteiger partial charge is 0.180 e. The van der Waals surface area contributed by atoms with E-state index in [0.29, 0.717) is 6.61 Å². The first-order chi connectivity index (χ1) is 12.2. The number of hydrogen-bond donors (Lipinski definition) is 1. The molecule has 25 heavy (non-hydrogen) atoms. The van der Waals surface area contributed by atoms with E-state index in [2.05, 4.69) is 24.3 Å². The predicted octanol–water partition coefficient (Wildman–Crippen LogP) is 3.20. The Kier molecular flexibility index (Phi) is 3.09. The lowest BCUT2D eigenvalue weighted by Crippen LogP contribution is -2.58. The minimum atomic E-state index is -0.891. The number of ketones is 1. The van der Waals surface area contributed by atoms with Crippen LogP contribution in [0.1, 0.15) is 23.5 Å². The molecule has 1 heterocycles. The summed E-state index contributed by atoms with van der Waals surface area (Å²) in [5, 5.41) is 10.4. The number of aliphatic hydroxyl groups excluding tert-OH is 1. The zero-order valence-electron chi connectivity index (χ0n) is 13.9. The van der Waals surface area contributed by atoms with Crippen LogP contribution in [0.5, 0.6) is 0 Å². The summed E-state index contributed by atoms with van der Waals surface area (Å²) in [5.41, 5.74) is 1.79. The fourth-order valence-electron chi connectivity index (χ4n) is 4.94. The molecular weight excluding hydrogens is 312 g/mol. The Balaban J connectivity index is 1.70. The number of ether oxygens (including phenoxy) is 1. The Morgan fingerprint density at radius 1 is 1.00 bits per heavy atom. The van der Waals surface area contributed by atoms with Gasteiger partial charge in [0.1, 0.15) is 0 Å². The summed E-state index contributed by atoms with van der Waals surface area (Å²) < 4.78 is 5.74. The maximum Gasteiger partial charge on any atom is 0.180 e. The van der Waals surface area contributed by atoms with Gasteiger partial charge < -0.3 is 9.84 Å². The van der Waals surface area contributed by atoms with Crippen LogP contribution in [-0.4, -0.2) is 29.7 Å². The Hall–Kier alpha value is -2.23. The third kappa shape index (κ3) is 1.91. The van der Waals surface area contributed by atoms with E-state index in [4.69, 9.17) is 4.74 Å². The fraction of sp³-hybridized carbons (Fsp3) is 0.318. The normalized spacial score (nSPS) is 35.7. The molecule has 1 spiro atoms. The Morgan fingerprint density at radius 3 is 2.24 bits per heavy atom. The number of fused-ring (bicyclic) bond motifs is 1. The van der Waals surface area contributed by atoms with Crippen molar-refractivity contribution < 1.29 is 14.6 Å². The number of aliphatic hydroxyl groups is 1. The van der Waals surface area contributed by atoms with Crippen molar-refractivity contribution in [3.05, 3.63) is 77.9 Å². The van der Waals surface area contributed by atoms with Gasteiger partial charge in [0.25, 0.3) is 0 Å². The van der Waals surface area contributed by atoms with Crippen molar-refractivity contribution in [2.45, 2.75) is 17.9 Å². The number of benzene rings is 2. The van der Waals surface area contributed by atoms with Gasteiger partial charge >= 0.3 is 0 Å². The number of epoxide rings is 1. The third-order valence-corrected chi connectivity index (χ3v) is 6.28. The molecule has 1 N–H and O–H groups in total. The predicted molar refractivity (Wildman–Crippen MR) is 94.9 cm³/mol. The van der Waals surface area contributed by atoms with Crippen LogP contribution in [0.2, 0.25) is 0 Å². The molecule has 1 saturated heterocycles. The molecule has 2 aromatic carbocycles. The molecule has 2 bridgehead atoms. The van der Waals surface area contributed by atoms with E-state index in [1.165, 1.54) is 0 Å². The van der Waals surface area contributed by atoms with E-state index < -0.39 is 11.0 Å². The molecule has 1 aliphatic heterocycles. The standard InChI is InChI=1S/C22H20O3/c23-13-21-12-17(15-7-3-1-4-8-15)19(22(14-25-22)20(21)24)11-18(21)16-9-5-2-6-10-16/h1-10,12,18-19,23H,11,13-14H2/t18?,19?,21-,22+/m1/s1. The molecule has 3 aliphatic carbocycles. The number of hydrogen-bond acceptors (Lipinski definition) is 3. The van der Waals surface area contributed by atoms with E-state index >= 15 is 0 Å². The molecular formula is C22H20O3. The summed E-state index contributed by atoms with van der Waals surface area (Å²) in [4.78, 5) is 13.4. The largest absolute Gasteiger partial charge is 0.395 e. The van der Waals surface area contributed by atoms with Crippen molar-refractivity contribution in [2.24, 2.45) is 11.3 Å². The topological polar surface area (TPSA) is 49.8 Å². The summed E-state index contributed by atoms with van der Waals surface area (Å²) in [5.74, 6) is 0.117. The van der Waals surface area contributed by atoms with Crippen molar-refractivity contribution >= 4 is 11.4 Å². The first-order valence-electron chi connectivity index (χ1n) is 8.84. The van der Waals surface area contributed by atoms with Gasteiger partial charge in [-0.1, -0.05) is 66.7 Å². The Labute approximate surface area is 147 Å². The second-order valence-electron chi connectivity index (χ2n) is 7.42. The molecule has 6 rings (SSSR count).